The van der Waals surface area contributed by atoms with Crippen molar-refractivity contribution in [3.8, 4) is 23.0 Å². The van der Waals surface area contributed by atoms with Crippen LogP contribution in [0.4, 0.5) is 5.69 Å². The summed E-state index contributed by atoms with van der Waals surface area (Å²) in [5.41, 5.74) is 0.660. The molecule has 0 atom stereocenters. The molecule has 0 fully saturated rings. The molecule has 9 nitrogen and oxygen atoms in total. The van der Waals surface area contributed by atoms with Crippen LogP contribution in [0.2, 0.25) is 5.02 Å². The summed E-state index contributed by atoms with van der Waals surface area (Å²) < 4.78 is 42.4. The van der Waals surface area contributed by atoms with Gasteiger partial charge in [-0.3, -0.25) is 0 Å². The predicted octanol–water partition coefficient (Wildman–Crippen LogP) is 0.355. The summed E-state index contributed by atoms with van der Waals surface area (Å²) in [6.07, 6.45) is 2.04. The molecule has 0 radical (unpaired) electrons. The molecule has 0 aliphatic carbocycles. The number of benzene rings is 1. The van der Waals surface area contributed by atoms with Crippen LogP contribution < -0.4 is 60.9 Å². The van der Waals surface area contributed by atoms with Crippen LogP contribution in [0.15, 0.2) is 35.4 Å². The van der Waals surface area contributed by atoms with Crippen molar-refractivity contribution in [1.82, 2.24) is 19.7 Å². The predicted molar refractivity (Wildman–Crippen MR) is 106 cm³/mol. The number of ether oxygens (including phenoxy) is 2. The first-order chi connectivity index (χ1) is 13.9. The number of sulfonamides is 1. The monoisotopic (exact) mass is 473 g/mol. The van der Waals surface area contributed by atoms with Crippen LogP contribution in [0.1, 0.15) is 12.7 Å². The average Bonchev–Trinajstić information content (AvgIpc) is 3.02. The molecular weight excluding hydrogens is 457 g/mol. The first-order valence-corrected chi connectivity index (χ1v) is 10.6. The van der Waals surface area contributed by atoms with Gasteiger partial charge in [0.1, 0.15) is 28.2 Å². The number of rotatable bonds is 5. The maximum atomic E-state index is 12.9. The van der Waals surface area contributed by atoms with Gasteiger partial charge in [-0.2, -0.15) is 0 Å². The molecule has 3 aromatic rings. The first-order valence-electron chi connectivity index (χ1n) is 8.79. The SMILES string of the molecule is CCc1nnc2n1CCOc1ncc([N-]S(=O)(=O)c3cc(Cl)ccc3OC)cc1-2.[K+]. The molecule has 152 valence electrons. The van der Waals surface area contributed by atoms with E-state index in [2.05, 4.69) is 19.9 Å². The Kier molecular flexibility index (Phi) is 7.43. The summed E-state index contributed by atoms with van der Waals surface area (Å²) in [5, 5.41) is 8.68. The van der Waals surface area contributed by atoms with Crippen molar-refractivity contribution >= 4 is 27.3 Å². The second kappa shape index (κ2) is 9.51. The largest absolute Gasteiger partial charge is 1.00 e. The Balaban J connectivity index is 0.00000256. The van der Waals surface area contributed by atoms with E-state index in [0.717, 1.165) is 5.82 Å². The van der Waals surface area contributed by atoms with Gasteiger partial charge in [-0.25, -0.2) is 13.4 Å². The molecule has 1 aliphatic rings. The van der Waals surface area contributed by atoms with Crippen molar-refractivity contribution in [3.63, 3.8) is 0 Å². The van der Waals surface area contributed by atoms with Gasteiger partial charge in [0.15, 0.2) is 5.82 Å². The van der Waals surface area contributed by atoms with Crippen LogP contribution in [-0.2, 0) is 23.0 Å². The molecule has 12 heteroatoms. The number of methoxy groups -OCH3 is 1. The van der Waals surface area contributed by atoms with Crippen molar-refractivity contribution in [2.24, 2.45) is 0 Å². The van der Waals surface area contributed by atoms with Crippen LogP contribution in [0.3, 0.4) is 0 Å². The molecule has 30 heavy (non-hydrogen) atoms. The van der Waals surface area contributed by atoms with Gasteiger partial charge in [-0.15, -0.1) is 15.9 Å². The molecule has 0 N–H and O–H groups in total. The summed E-state index contributed by atoms with van der Waals surface area (Å²) in [6, 6.07) is 5.88. The summed E-state index contributed by atoms with van der Waals surface area (Å²) in [6.45, 7) is 2.97. The van der Waals surface area contributed by atoms with E-state index in [-0.39, 0.29) is 72.7 Å². The third-order valence-corrected chi connectivity index (χ3v) is 5.97. The minimum atomic E-state index is -4.10. The Hall–Kier alpha value is -1.21. The zero-order valence-electron chi connectivity index (χ0n) is 16.7. The van der Waals surface area contributed by atoms with Crippen molar-refractivity contribution < 1.29 is 69.3 Å². The fourth-order valence-electron chi connectivity index (χ4n) is 3.07. The van der Waals surface area contributed by atoms with Crippen LogP contribution in [0.5, 0.6) is 11.6 Å². The summed E-state index contributed by atoms with van der Waals surface area (Å²) in [4.78, 5) is 4.10. The maximum absolute atomic E-state index is 12.9. The van der Waals surface area contributed by atoms with Crippen LogP contribution >= 0.6 is 11.6 Å². The molecular formula is C18H17ClKN5O4S. The van der Waals surface area contributed by atoms with E-state index in [0.29, 0.717) is 36.8 Å². The first kappa shape index (κ1) is 23.4. The minimum absolute atomic E-state index is 0. The number of halogens is 1. The van der Waals surface area contributed by atoms with E-state index in [9.17, 15) is 8.42 Å². The molecule has 2 aromatic heterocycles. The Labute approximate surface area is 221 Å². The van der Waals surface area contributed by atoms with E-state index in [1.165, 1.54) is 25.4 Å². The van der Waals surface area contributed by atoms with Crippen molar-refractivity contribution in [2.75, 3.05) is 13.7 Å². The van der Waals surface area contributed by atoms with Gasteiger partial charge in [0.05, 0.1) is 24.1 Å². The topological polar surface area (TPSA) is 110 Å². The number of aromatic nitrogens is 4. The maximum Gasteiger partial charge on any atom is 1.00 e. The number of aryl methyl sites for hydroxylation is 1. The normalized spacial score (nSPS) is 12.6. The molecule has 1 aliphatic heterocycles. The van der Waals surface area contributed by atoms with Gasteiger partial charge in [0.25, 0.3) is 0 Å². The number of hydrogen-bond donors (Lipinski definition) is 0. The van der Waals surface area contributed by atoms with Gasteiger partial charge in [-0.05, 0) is 18.2 Å². The number of pyridine rings is 1. The van der Waals surface area contributed by atoms with E-state index in [4.69, 9.17) is 21.1 Å². The number of hydrogen-bond acceptors (Lipinski definition) is 7. The van der Waals surface area contributed by atoms with Crippen molar-refractivity contribution in [3.05, 3.63) is 46.0 Å². The zero-order valence-corrected chi connectivity index (χ0v) is 21.4. The minimum Gasteiger partial charge on any atom is -0.571 e. The molecule has 3 heterocycles. The second-order valence-electron chi connectivity index (χ2n) is 6.20. The van der Waals surface area contributed by atoms with Gasteiger partial charge in [0, 0.05) is 17.6 Å². The molecule has 1 aromatic carbocycles. The average molecular weight is 474 g/mol. The Morgan fingerprint density at radius 2 is 2.10 bits per heavy atom. The van der Waals surface area contributed by atoms with Crippen LogP contribution in [-0.4, -0.2) is 41.9 Å². The molecule has 0 unspecified atom stereocenters. The van der Waals surface area contributed by atoms with Gasteiger partial charge < -0.3 is 18.8 Å². The zero-order chi connectivity index (χ0) is 20.6. The van der Waals surface area contributed by atoms with E-state index < -0.39 is 10.0 Å². The number of fused-ring (bicyclic) bond motifs is 3. The standard InChI is InChI=1S/C18H17ClN5O4S.K/c1-3-16-21-22-17-13-9-12(10-20-18(13)28-7-6-24(16)17)23-29(25,26)15-8-11(19)4-5-14(15)27-2;/h4-5,8-10H,3,6-7H2,1-2H3;/q-1;+1. The van der Waals surface area contributed by atoms with Gasteiger partial charge in [-0.1, -0.05) is 24.6 Å². The van der Waals surface area contributed by atoms with Crippen LogP contribution in [0.25, 0.3) is 16.1 Å². The molecule has 0 bridgehead atoms. The quantitative estimate of drug-likeness (QED) is 0.492. The summed E-state index contributed by atoms with van der Waals surface area (Å²) in [5.74, 6) is 1.89. The third-order valence-electron chi connectivity index (χ3n) is 4.40. The fraction of sp³-hybridized carbons (Fsp3) is 0.278. The van der Waals surface area contributed by atoms with Crippen LogP contribution in [0, 0.1) is 0 Å². The second-order valence-corrected chi connectivity index (χ2v) is 8.21. The van der Waals surface area contributed by atoms with E-state index >= 15 is 0 Å². The Morgan fingerprint density at radius 3 is 2.83 bits per heavy atom. The van der Waals surface area contributed by atoms with E-state index in [1.54, 1.807) is 12.1 Å². The molecule has 4 rings (SSSR count). The fourth-order valence-corrected chi connectivity index (χ4v) is 4.47. The molecule has 0 spiro atoms. The molecule has 0 saturated heterocycles. The number of nitrogens with zero attached hydrogens (tertiary/aromatic N) is 5. The van der Waals surface area contributed by atoms with E-state index in [1.807, 2.05) is 11.5 Å². The summed E-state index contributed by atoms with van der Waals surface area (Å²) in [7, 11) is -2.72. The third kappa shape index (κ3) is 4.52. The smallest absolute Gasteiger partial charge is 0.571 e. The Bertz CT molecular complexity index is 1190. The molecule has 0 amide bonds. The van der Waals surface area contributed by atoms with Gasteiger partial charge in [0.2, 0.25) is 5.88 Å². The van der Waals surface area contributed by atoms with Gasteiger partial charge >= 0.3 is 51.4 Å². The van der Waals surface area contributed by atoms with Crippen molar-refractivity contribution in [1.29, 1.82) is 0 Å². The molecule has 0 saturated carbocycles. The summed E-state index contributed by atoms with van der Waals surface area (Å²) >= 11 is 5.96. The van der Waals surface area contributed by atoms with Crippen molar-refractivity contribution in [2.45, 2.75) is 24.8 Å². The Morgan fingerprint density at radius 1 is 1.30 bits per heavy atom.